The van der Waals surface area contributed by atoms with Crippen molar-refractivity contribution in [3.05, 3.63) is 42.0 Å². The van der Waals surface area contributed by atoms with Crippen LogP contribution in [0.5, 0.6) is 5.75 Å². The summed E-state index contributed by atoms with van der Waals surface area (Å²) in [5, 5.41) is 0. The molecule has 0 radical (unpaired) electrons. The van der Waals surface area contributed by atoms with Gasteiger partial charge in [-0.1, -0.05) is 12.1 Å². The van der Waals surface area contributed by atoms with E-state index in [9.17, 15) is 8.78 Å². The Kier molecular flexibility index (Phi) is 7.36. The van der Waals surface area contributed by atoms with Gasteiger partial charge in [0.1, 0.15) is 11.5 Å². The largest absolute Gasteiger partial charge is 0.490 e. The van der Waals surface area contributed by atoms with Crippen molar-refractivity contribution in [1.82, 2.24) is 19.8 Å². The summed E-state index contributed by atoms with van der Waals surface area (Å²) in [6.45, 7) is 8.88. The Labute approximate surface area is 189 Å². The minimum atomic E-state index is -1.15. The summed E-state index contributed by atoms with van der Waals surface area (Å²) in [7, 11) is 0. The van der Waals surface area contributed by atoms with Gasteiger partial charge in [-0.25, -0.2) is 18.7 Å². The van der Waals surface area contributed by atoms with E-state index in [-0.39, 0.29) is 5.82 Å². The number of hydrogen-bond donors (Lipinski definition) is 0. The molecule has 0 unspecified atom stereocenters. The minimum absolute atomic E-state index is 0.208. The molecule has 1 aromatic heterocycles. The van der Waals surface area contributed by atoms with Gasteiger partial charge in [0, 0.05) is 24.2 Å². The molecule has 0 saturated carbocycles. The second kappa shape index (κ2) is 10.2. The van der Waals surface area contributed by atoms with Crippen LogP contribution in [-0.4, -0.2) is 64.8 Å². The molecule has 3 heterocycles. The van der Waals surface area contributed by atoms with Crippen molar-refractivity contribution >= 4 is 0 Å². The molecule has 32 heavy (non-hydrogen) atoms. The first-order valence-corrected chi connectivity index (χ1v) is 11.7. The van der Waals surface area contributed by atoms with E-state index in [4.69, 9.17) is 4.74 Å². The van der Waals surface area contributed by atoms with Crippen LogP contribution in [0.2, 0.25) is 0 Å². The molecule has 0 amide bonds. The van der Waals surface area contributed by atoms with Crippen LogP contribution in [0.15, 0.2) is 30.6 Å². The van der Waals surface area contributed by atoms with Crippen LogP contribution in [0, 0.1) is 11.7 Å². The third-order valence-corrected chi connectivity index (χ3v) is 6.32. The molecule has 174 valence electrons. The van der Waals surface area contributed by atoms with Gasteiger partial charge in [-0.05, 0) is 77.7 Å². The number of hydrogen-bond acceptors (Lipinski definition) is 5. The first-order chi connectivity index (χ1) is 15.4. The van der Waals surface area contributed by atoms with Crippen LogP contribution >= 0.6 is 0 Å². The molecule has 5 nitrogen and oxygen atoms in total. The molecule has 2 aliphatic rings. The molecule has 4 rings (SSSR count). The summed E-state index contributed by atoms with van der Waals surface area (Å²) in [6.07, 6.45) is 7.69. The van der Waals surface area contributed by atoms with Crippen molar-refractivity contribution in [3.8, 4) is 17.1 Å². The van der Waals surface area contributed by atoms with Gasteiger partial charge in [0.15, 0.2) is 11.6 Å². The third kappa shape index (κ3) is 6.45. The van der Waals surface area contributed by atoms with Crippen molar-refractivity contribution in [2.24, 2.45) is 5.92 Å². The SMILES string of the molecule is CC(C)(F)CN1CCC(COc2cnc(-c3ccc(CN4CCCC4)c(F)c3)nc2)CC1. The summed E-state index contributed by atoms with van der Waals surface area (Å²) < 4.78 is 34.3. The van der Waals surface area contributed by atoms with Crippen molar-refractivity contribution < 1.29 is 13.5 Å². The fourth-order valence-corrected chi connectivity index (χ4v) is 4.59. The maximum atomic E-state index is 14.6. The molecule has 2 fully saturated rings. The number of likely N-dealkylation sites (tertiary alicyclic amines) is 2. The van der Waals surface area contributed by atoms with Crippen molar-refractivity contribution in [3.63, 3.8) is 0 Å². The highest BCUT2D eigenvalue weighted by molar-refractivity contribution is 5.55. The van der Waals surface area contributed by atoms with Crippen LogP contribution in [0.3, 0.4) is 0 Å². The van der Waals surface area contributed by atoms with Gasteiger partial charge in [-0.3, -0.25) is 4.90 Å². The summed E-state index contributed by atoms with van der Waals surface area (Å²) in [5.74, 6) is 1.35. The Balaban J connectivity index is 1.27. The maximum Gasteiger partial charge on any atom is 0.159 e. The fourth-order valence-electron chi connectivity index (χ4n) is 4.59. The Morgan fingerprint density at radius 2 is 1.72 bits per heavy atom. The number of piperidine rings is 1. The Bertz CT molecular complexity index is 871. The molecular formula is C25H34F2N4O. The Morgan fingerprint density at radius 1 is 1.03 bits per heavy atom. The summed E-state index contributed by atoms with van der Waals surface area (Å²) in [6, 6.07) is 5.25. The number of aromatic nitrogens is 2. The van der Waals surface area contributed by atoms with Gasteiger partial charge in [0.25, 0.3) is 0 Å². The molecule has 2 aromatic rings. The molecule has 0 spiro atoms. The lowest BCUT2D eigenvalue weighted by Crippen LogP contribution is -2.41. The second-order valence-corrected chi connectivity index (χ2v) is 9.78. The number of rotatable bonds is 8. The lowest BCUT2D eigenvalue weighted by Gasteiger charge is -2.34. The average molecular weight is 445 g/mol. The van der Waals surface area contributed by atoms with E-state index < -0.39 is 5.67 Å². The topological polar surface area (TPSA) is 41.5 Å². The van der Waals surface area contributed by atoms with Crippen LogP contribution in [-0.2, 0) is 6.54 Å². The van der Waals surface area contributed by atoms with E-state index in [0.717, 1.165) is 44.6 Å². The smallest absolute Gasteiger partial charge is 0.159 e. The van der Waals surface area contributed by atoms with E-state index in [1.165, 1.54) is 18.9 Å². The van der Waals surface area contributed by atoms with Gasteiger partial charge in [0.05, 0.1) is 19.0 Å². The predicted octanol–water partition coefficient (Wildman–Crippen LogP) is 4.72. The lowest BCUT2D eigenvalue weighted by molar-refractivity contribution is 0.0835. The quantitative estimate of drug-likeness (QED) is 0.590. The van der Waals surface area contributed by atoms with Gasteiger partial charge in [-0.2, -0.15) is 0 Å². The van der Waals surface area contributed by atoms with Crippen molar-refractivity contribution in [1.29, 1.82) is 0 Å². The number of nitrogens with zero attached hydrogens (tertiary/aromatic N) is 4. The minimum Gasteiger partial charge on any atom is -0.490 e. The van der Waals surface area contributed by atoms with E-state index in [1.54, 1.807) is 26.2 Å². The zero-order valence-electron chi connectivity index (χ0n) is 19.2. The average Bonchev–Trinajstić information content (AvgIpc) is 3.27. The number of ether oxygens (including phenoxy) is 1. The number of benzene rings is 1. The zero-order chi connectivity index (χ0) is 22.6. The molecular weight excluding hydrogens is 410 g/mol. The van der Waals surface area contributed by atoms with E-state index in [0.29, 0.717) is 42.8 Å². The Hall–Kier alpha value is -2.12. The first-order valence-electron chi connectivity index (χ1n) is 11.7. The summed E-state index contributed by atoms with van der Waals surface area (Å²) in [5.41, 5.74) is 0.235. The number of alkyl halides is 1. The molecule has 0 N–H and O–H groups in total. The highest BCUT2D eigenvalue weighted by Crippen LogP contribution is 2.24. The van der Waals surface area contributed by atoms with Crippen molar-refractivity contribution in [2.75, 3.05) is 39.3 Å². The molecule has 2 saturated heterocycles. The highest BCUT2D eigenvalue weighted by Gasteiger charge is 2.25. The third-order valence-electron chi connectivity index (χ3n) is 6.32. The van der Waals surface area contributed by atoms with Crippen LogP contribution in [0.25, 0.3) is 11.4 Å². The van der Waals surface area contributed by atoms with Gasteiger partial charge >= 0.3 is 0 Å². The molecule has 2 aliphatic heterocycles. The molecule has 0 atom stereocenters. The maximum absolute atomic E-state index is 14.6. The zero-order valence-corrected chi connectivity index (χ0v) is 19.2. The molecule has 0 aliphatic carbocycles. The van der Waals surface area contributed by atoms with Crippen LogP contribution in [0.4, 0.5) is 8.78 Å². The fraction of sp³-hybridized carbons (Fsp3) is 0.600. The standard InChI is InChI=1S/C25H34F2N4O/c1-25(2,27)18-31-11-7-19(8-12-31)17-32-22-14-28-24(29-15-22)20-5-6-21(23(26)13-20)16-30-9-3-4-10-30/h5-6,13-15,19H,3-4,7-12,16-18H2,1-2H3. The van der Waals surface area contributed by atoms with Crippen LogP contribution in [0.1, 0.15) is 45.1 Å². The van der Waals surface area contributed by atoms with E-state index in [2.05, 4.69) is 19.8 Å². The summed E-state index contributed by atoms with van der Waals surface area (Å²) in [4.78, 5) is 13.2. The van der Waals surface area contributed by atoms with Crippen molar-refractivity contribution in [2.45, 2.75) is 51.7 Å². The molecule has 1 aromatic carbocycles. The Morgan fingerprint density at radius 3 is 2.34 bits per heavy atom. The lowest BCUT2D eigenvalue weighted by atomic mass is 9.97. The predicted molar refractivity (Wildman–Crippen MR) is 122 cm³/mol. The van der Waals surface area contributed by atoms with Gasteiger partial charge in [-0.15, -0.1) is 0 Å². The normalized spacial score (nSPS) is 18.9. The van der Waals surface area contributed by atoms with Crippen LogP contribution < -0.4 is 4.74 Å². The molecule has 0 bridgehead atoms. The highest BCUT2D eigenvalue weighted by atomic mass is 19.1. The summed E-state index contributed by atoms with van der Waals surface area (Å²) >= 11 is 0. The monoisotopic (exact) mass is 444 g/mol. The molecule has 7 heteroatoms. The van der Waals surface area contributed by atoms with E-state index >= 15 is 0 Å². The number of halogens is 2. The first kappa shape index (κ1) is 23.1. The van der Waals surface area contributed by atoms with Gasteiger partial charge in [0.2, 0.25) is 0 Å². The second-order valence-electron chi connectivity index (χ2n) is 9.78. The van der Waals surface area contributed by atoms with E-state index in [1.807, 2.05) is 12.1 Å². The van der Waals surface area contributed by atoms with Gasteiger partial charge < -0.3 is 9.64 Å².